The van der Waals surface area contributed by atoms with Crippen LogP contribution in [0.15, 0.2) is 12.1 Å². The summed E-state index contributed by atoms with van der Waals surface area (Å²) < 4.78 is 78.7. The van der Waals surface area contributed by atoms with Gasteiger partial charge in [0.25, 0.3) is 0 Å². The van der Waals surface area contributed by atoms with Crippen molar-refractivity contribution in [2.24, 2.45) is 0 Å². The lowest BCUT2D eigenvalue weighted by atomic mass is 10.1. The summed E-state index contributed by atoms with van der Waals surface area (Å²) in [5, 5.41) is 0. The Kier molecular flexibility index (Phi) is 3.17. The van der Waals surface area contributed by atoms with Crippen molar-refractivity contribution >= 4 is 5.69 Å². The molecule has 2 nitrogen and oxygen atoms in total. The predicted octanol–water partition coefficient (Wildman–Crippen LogP) is 3.32. The maximum absolute atomic E-state index is 12.5. The Morgan fingerprint density at radius 3 is 1.88 bits per heavy atom. The zero-order valence-electron chi connectivity index (χ0n) is 8.41. The molecule has 0 amide bonds. The number of benzene rings is 1. The Morgan fingerprint density at radius 2 is 1.53 bits per heavy atom. The van der Waals surface area contributed by atoms with E-state index in [1.165, 1.54) is 0 Å². The van der Waals surface area contributed by atoms with Gasteiger partial charge in [0.15, 0.2) is 0 Å². The number of anilines is 1. The first-order valence-electron chi connectivity index (χ1n) is 4.19. The summed E-state index contributed by atoms with van der Waals surface area (Å²) in [5.74, 6) is -0.954. The van der Waals surface area contributed by atoms with Crippen molar-refractivity contribution < 1.29 is 31.1 Å². The number of ether oxygens (including phenoxy) is 1. The maximum Gasteiger partial charge on any atom is 0.421 e. The first-order valence-corrected chi connectivity index (χ1v) is 4.19. The predicted molar refractivity (Wildman–Crippen MR) is 47.4 cm³/mol. The van der Waals surface area contributed by atoms with E-state index in [9.17, 15) is 26.3 Å². The number of hydrogen-bond donors (Lipinski definition) is 1. The zero-order valence-corrected chi connectivity index (χ0v) is 8.41. The van der Waals surface area contributed by atoms with Crippen LogP contribution in [0.2, 0.25) is 0 Å². The molecular weight excluding hydrogens is 252 g/mol. The van der Waals surface area contributed by atoms with Crippen molar-refractivity contribution in [2.45, 2.75) is 12.4 Å². The molecule has 2 N–H and O–H groups in total. The molecule has 1 aromatic rings. The minimum absolute atomic E-state index is 0.228. The van der Waals surface area contributed by atoms with E-state index < -0.39 is 34.9 Å². The second kappa shape index (κ2) is 4.01. The number of alkyl halides is 6. The molecule has 0 aromatic heterocycles. The second-order valence-corrected chi connectivity index (χ2v) is 3.14. The lowest BCUT2D eigenvalue weighted by Gasteiger charge is -2.17. The Morgan fingerprint density at radius 1 is 1.00 bits per heavy atom. The number of nitrogens with two attached hydrogens (primary N) is 1. The normalized spacial score (nSPS) is 12.6. The van der Waals surface area contributed by atoms with Gasteiger partial charge in [-0.05, 0) is 12.1 Å². The monoisotopic (exact) mass is 259 g/mol. The average molecular weight is 259 g/mol. The third kappa shape index (κ3) is 2.75. The van der Waals surface area contributed by atoms with Gasteiger partial charge in [-0.15, -0.1) is 0 Å². The van der Waals surface area contributed by atoms with Crippen LogP contribution in [0, 0.1) is 0 Å². The van der Waals surface area contributed by atoms with Gasteiger partial charge >= 0.3 is 12.4 Å². The standard InChI is InChI=1S/C9H7F6NO/c1-17-6-3-4(8(10,11)12)2-5(16)7(6)9(13,14)15/h2-3H,16H2,1H3. The van der Waals surface area contributed by atoms with Gasteiger partial charge in [-0.2, -0.15) is 26.3 Å². The number of rotatable bonds is 1. The van der Waals surface area contributed by atoms with Gasteiger partial charge in [0.2, 0.25) is 0 Å². The number of methoxy groups -OCH3 is 1. The third-order valence-electron chi connectivity index (χ3n) is 1.96. The average Bonchev–Trinajstić information content (AvgIpc) is 2.12. The van der Waals surface area contributed by atoms with E-state index in [0.29, 0.717) is 0 Å². The summed E-state index contributed by atoms with van der Waals surface area (Å²) in [6, 6.07) is 0.491. The molecule has 0 aliphatic carbocycles. The summed E-state index contributed by atoms with van der Waals surface area (Å²) in [7, 11) is 0.837. The van der Waals surface area contributed by atoms with Crippen LogP contribution in [-0.4, -0.2) is 7.11 Å². The van der Waals surface area contributed by atoms with Crippen molar-refractivity contribution in [3.8, 4) is 5.75 Å². The summed E-state index contributed by atoms with van der Waals surface area (Å²) in [5.41, 5.74) is 1.26. The van der Waals surface area contributed by atoms with Gasteiger partial charge in [-0.3, -0.25) is 0 Å². The molecule has 0 fully saturated rings. The summed E-state index contributed by atoms with van der Waals surface area (Å²) >= 11 is 0. The van der Waals surface area contributed by atoms with Crippen molar-refractivity contribution in [3.05, 3.63) is 23.3 Å². The molecular formula is C9H7F6NO. The van der Waals surface area contributed by atoms with E-state index in [2.05, 4.69) is 4.74 Å². The molecule has 0 heterocycles. The van der Waals surface area contributed by atoms with Crippen LogP contribution in [0.3, 0.4) is 0 Å². The fraction of sp³-hybridized carbons (Fsp3) is 0.333. The highest BCUT2D eigenvalue weighted by molar-refractivity contribution is 5.58. The summed E-state index contributed by atoms with van der Waals surface area (Å²) in [6.07, 6.45) is -9.66. The summed E-state index contributed by atoms with van der Waals surface area (Å²) in [4.78, 5) is 0. The van der Waals surface area contributed by atoms with Crippen molar-refractivity contribution in [1.82, 2.24) is 0 Å². The highest BCUT2D eigenvalue weighted by Crippen LogP contribution is 2.43. The molecule has 1 rings (SSSR count). The van der Waals surface area contributed by atoms with Gasteiger partial charge in [-0.25, -0.2) is 0 Å². The molecule has 0 bridgehead atoms. The van der Waals surface area contributed by atoms with Crippen LogP contribution in [0.25, 0.3) is 0 Å². The minimum atomic E-state index is -4.88. The Labute approximate surface area is 92.0 Å². The third-order valence-corrected chi connectivity index (χ3v) is 1.96. The Balaban J connectivity index is 3.47. The smallest absolute Gasteiger partial charge is 0.421 e. The second-order valence-electron chi connectivity index (χ2n) is 3.14. The van der Waals surface area contributed by atoms with E-state index in [1.807, 2.05) is 0 Å². The van der Waals surface area contributed by atoms with E-state index in [0.717, 1.165) is 7.11 Å². The Bertz CT molecular complexity index is 423. The van der Waals surface area contributed by atoms with Gasteiger partial charge in [0.05, 0.1) is 12.7 Å². The molecule has 1 aromatic carbocycles. The molecule has 0 radical (unpaired) electrons. The van der Waals surface area contributed by atoms with Gasteiger partial charge in [0, 0.05) is 5.69 Å². The van der Waals surface area contributed by atoms with Crippen molar-refractivity contribution in [2.75, 3.05) is 12.8 Å². The summed E-state index contributed by atoms with van der Waals surface area (Å²) in [6.45, 7) is 0. The lowest BCUT2D eigenvalue weighted by Crippen LogP contribution is -2.14. The largest absolute Gasteiger partial charge is 0.496 e. The topological polar surface area (TPSA) is 35.2 Å². The number of halogens is 6. The lowest BCUT2D eigenvalue weighted by molar-refractivity contribution is -0.141. The number of nitrogen functional groups attached to an aromatic ring is 1. The van der Waals surface area contributed by atoms with E-state index in [-0.39, 0.29) is 12.1 Å². The molecule has 17 heavy (non-hydrogen) atoms. The van der Waals surface area contributed by atoms with Crippen LogP contribution < -0.4 is 10.5 Å². The molecule has 0 atom stereocenters. The van der Waals surface area contributed by atoms with E-state index in [1.54, 1.807) is 0 Å². The molecule has 96 valence electrons. The maximum atomic E-state index is 12.5. The van der Waals surface area contributed by atoms with E-state index in [4.69, 9.17) is 5.73 Å². The highest BCUT2D eigenvalue weighted by atomic mass is 19.4. The first kappa shape index (κ1) is 13.5. The molecule has 0 saturated heterocycles. The SMILES string of the molecule is COc1cc(C(F)(F)F)cc(N)c1C(F)(F)F. The molecule has 0 aliphatic rings. The highest BCUT2D eigenvalue weighted by Gasteiger charge is 2.40. The van der Waals surface area contributed by atoms with Gasteiger partial charge in [-0.1, -0.05) is 0 Å². The van der Waals surface area contributed by atoms with E-state index >= 15 is 0 Å². The molecule has 8 heteroatoms. The molecule has 0 saturated carbocycles. The van der Waals surface area contributed by atoms with Crippen LogP contribution in [0.4, 0.5) is 32.0 Å². The number of hydrogen-bond acceptors (Lipinski definition) is 2. The van der Waals surface area contributed by atoms with Gasteiger partial charge in [0.1, 0.15) is 11.3 Å². The fourth-order valence-electron chi connectivity index (χ4n) is 1.27. The Hall–Kier alpha value is -1.60. The van der Waals surface area contributed by atoms with Gasteiger partial charge < -0.3 is 10.5 Å². The van der Waals surface area contributed by atoms with Crippen LogP contribution >= 0.6 is 0 Å². The van der Waals surface area contributed by atoms with Crippen LogP contribution in [0.5, 0.6) is 5.75 Å². The molecule has 0 aliphatic heterocycles. The quantitative estimate of drug-likeness (QED) is 0.620. The molecule has 0 spiro atoms. The molecule has 0 unspecified atom stereocenters. The first-order chi connectivity index (χ1) is 7.57. The zero-order chi connectivity index (χ0) is 13.4. The fourth-order valence-corrected chi connectivity index (χ4v) is 1.27. The van der Waals surface area contributed by atoms with Crippen LogP contribution in [-0.2, 0) is 12.4 Å². The van der Waals surface area contributed by atoms with Crippen molar-refractivity contribution in [1.29, 1.82) is 0 Å². The van der Waals surface area contributed by atoms with Crippen LogP contribution in [0.1, 0.15) is 11.1 Å². The minimum Gasteiger partial charge on any atom is -0.496 e. The van der Waals surface area contributed by atoms with Crippen molar-refractivity contribution in [3.63, 3.8) is 0 Å².